The van der Waals surface area contributed by atoms with Gasteiger partial charge in [0.05, 0.1) is 4.90 Å². The van der Waals surface area contributed by atoms with E-state index in [0.29, 0.717) is 28.5 Å². The largest absolute Gasteiger partial charge is 0.309 e. The van der Waals surface area contributed by atoms with Crippen molar-refractivity contribution in [2.75, 3.05) is 13.1 Å². The first-order valence-corrected chi connectivity index (χ1v) is 12.5. The number of hydrogen-bond donors (Lipinski definition) is 0. The summed E-state index contributed by atoms with van der Waals surface area (Å²) >= 11 is 6.78. The van der Waals surface area contributed by atoms with Gasteiger partial charge in [0.15, 0.2) is 6.19 Å². The molecule has 154 valence electrons. The van der Waals surface area contributed by atoms with Gasteiger partial charge in [0.2, 0.25) is 10.0 Å². The molecule has 3 aromatic rings. The predicted molar refractivity (Wildman–Crippen MR) is 124 cm³/mol. The lowest BCUT2D eigenvalue weighted by atomic mass is 10.1. The van der Waals surface area contributed by atoms with Crippen LogP contribution in [0, 0.1) is 11.5 Å². The molecule has 1 atom stereocenters. The highest BCUT2D eigenvalue weighted by molar-refractivity contribution is 9.11. The maximum Gasteiger partial charge on any atom is 0.244 e. The number of nitriles is 1. The van der Waals surface area contributed by atoms with Crippen LogP contribution in [0.1, 0.15) is 12.0 Å². The maximum atomic E-state index is 13.7. The molecule has 8 heteroatoms. The van der Waals surface area contributed by atoms with E-state index in [1.807, 2.05) is 42.5 Å². The van der Waals surface area contributed by atoms with Crippen molar-refractivity contribution in [1.29, 1.82) is 5.26 Å². The van der Waals surface area contributed by atoms with Crippen molar-refractivity contribution in [3.63, 3.8) is 0 Å². The van der Waals surface area contributed by atoms with Gasteiger partial charge in [-0.2, -0.15) is 9.57 Å². The number of rotatable bonds is 5. The molecule has 0 radical (unpaired) electrons. The third-order valence-electron chi connectivity index (χ3n) is 5.34. The van der Waals surface area contributed by atoms with E-state index in [4.69, 9.17) is 0 Å². The summed E-state index contributed by atoms with van der Waals surface area (Å²) in [6, 6.07) is 18.9. The summed E-state index contributed by atoms with van der Waals surface area (Å²) in [5, 5.41) is 11.5. The maximum absolute atomic E-state index is 13.7. The van der Waals surface area contributed by atoms with Crippen molar-refractivity contribution in [2.24, 2.45) is 0 Å². The van der Waals surface area contributed by atoms with Crippen LogP contribution in [0.5, 0.6) is 0 Å². The van der Waals surface area contributed by atoms with Gasteiger partial charge in [-0.15, -0.1) is 0 Å². The molecule has 1 aliphatic heterocycles. The Morgan fingerprint density at radius 2 is 1.83 bits per heavy atom. The highest BCUT2D eigenvalue weighted by Gasteiger charge is 2.37. The summed E-state index contributed by atoms with van der Waals surface area (Å²) in [5.41, 5.74) is 0.916. The smallest absolute Gasteiger partial charge is 0.244 e. The zero-order chi connectivity index (χ0) is 21.3. The summed E-state index contributed by atoms with van der Waals surface area (Å²) in [4.78, 5) is 1.83. The highest BCUT2D eigenvalue weighted by Crippen LogP contribution is 2.32. The second kappa shape index (κ2) is 8.67. The monoisotopic (exact) mass is 547 g/mol. The van der Waals surface area contributed by atoms with E-state index in [1.165, 1.54) is 0 Å². The Kier molecular flexibility index (Phi) is 6.16. The normalized spacial score (nSPS) is 16.9. The Balaban J connectivity index is 1.76. The van der Waals surface area contributed by atoms with Gasteiger partial charge in [0.25, 0.3) is 0 Å². The number of halogens is 2. The molecule has 3 aromatic carbocycles. The second-order valence-corrected chi connectivity index (χ2v) is 10.9. The molecule has 1 saturated heterocycles. The number of benzene rings is 3. The lowest BCUT2D eigenvalue weighted by molar-refractivity contribution is 0.314. The Morgan fingerprint density at radius 3 is 2.57 bits per heavy atom. The van der Waals surface area contributed by atoms with E-state index in [0.717, 1.165) is 16.3 Å². The molecule has 0 aromatic heterocycles. The van der Waals surface area contributed by atoms with Crippen LogP contribution in [-0.4, -0.2) is 36.8 Å². The highest BCUT2D eigenvalue weighted by atomic mass is 79.9. The summed E-state index contributed by atoms with van der Waals surface area (Å²) in [7, 11) is -3.80. The molecule has 0 spiro atoms. The molecule has 0 aliphatic carbocycles. The topological polar surface area (TPSA) is 64.4 Å². The summed E-state index contributed by atoms with van der Waals surface area (Å²) in [5.74, 6) is 0. The van der Waals surface area contributed by atoms with Crippen molar-refractivity contribution in [3.8, 4) is 6.19 Å². The molecule has 0 amide bonds. The third-order valence-corrected chi connectivity index (χ3v) is 8.73. The molecule has 1 aliphatic rings. The summed E-state index contributed by atoms with van der Waals surface area (Å²) in [6.45, 7) is 1.20. The molecule has 1 heterocycles. The van der Waals surface area contributed by atoms with Crippen LogP contribution in [0.3, 0.4) is 0 Å². The molecule has 1 fully saturated rings. The van der Waals surface area contributed by atoms with Gasteiger partial charge >= 0.3 is 0 Å². The van der Waals surface area contributed by atoms with Gasteiger partial charge in [-0.1, -0.05) is 52.3 Å². The fraction of sp³-hybridized carbons (Fsp3) is 0.227. The van der Waals surface area contributed by atoms with E-state index >= 15 is 0 Å². The fourth-order valence-electron chi connectivity index (χ4n) is 3.80. The quantitative estimate of drug-likeness (QED) is 0.415. The molecule has 0 bridgehead atoms. The molecule has 0 unspecified atom stereocenters. The molecule has 0 N–H and O–H groups in total. The minimum absolute atomic E-state index is 0.216. The van der Waals surface area contributed by atoms with Gasteiger partial charge < -0.3 is 4.90 Å². The van der Waals surface area contributed by atoms with Crippen LogP contribution in [0.25, 0.3) is 10.8 Å². The van der Waals surface area contributed by atoms with Crippen LogP contribution >= 0.6 is 31.9 Å². The van der Waals surface area contributed by atoms with E-state index in [9.17, 15) is 13.7 Å². The van der Waals surface area contributed by atoms with Crippen molar-refractivity contribution in [2.45, 2.75) is 23.9 Å². The van der Waals surface area contributed by atoms with Crippen molar-refractivity contribution in [3.05, 3.63) is 75.2 Å². The SMILES string of the molecule is N#CN1CC[C@@H](N(Cc2ccc3ccccc3c2)S(=O)(=O)c2cc(Br)ccc2Br)C1. The Hall–Kier alpha value is -1.92. The van der Waals surface area contributed by atoms with Crippen molar-refractivity contribution >= 4 is 52.7 Å². The second-order valence-electron chi connectivity index (χ2n) is 7.30. The Labute approximate surface area is 193 Å². The average molecular weight is 549 g/mol. The fourth-order valence-corrected chi connectivity index (χ4v) is 6.90. The zero-order valence-corrected chi connectivity index (χ0v) is 20.0. The van der Waals surface area contributed by atoms with Crippen LogP contribution in [0.4, 0.5) is 0 Å². The number of sulfonamides is 1. The number of nitrogens with zero attached hydrogens (tertiary/aromatic N) is 3. The first kappa shape index (κ1) is 21.3. The average Bonchev–Trinajstić information content (AvgIpc) is 3.22. The van der Waals surface area contributed by atoms with Crippen LogP contribution in [-0.2, 0) is 16.6 Å². The van der Waals surface area contributed by atoms with E-state index in [1.54, 1.807) is 27.4 Å². The Bertz CT molecular complexity index is 1240. The molecule has 30 heavy (non-hydrogen) atoms. The number of likely N-dealkylation sites (tertiary alicyclic amines) is 1. The minimum Gasteiger partial charge on any atom is -0.309 e. The van der Waals surface area contributed by atoms with Gasteiger partial charge in [-0.05, 0) is 63.0 Å². The lowest BCUT2D eigenvalue weighted by Gasteiger charge is -2.28. The van der Waals surface area contributed by atoms with Crippen molar-refractivity contribution in [1.82, 2.24) is 9.21 Å². The van der Waals surface area contributed by atoms with Gasteiger partial charge in [-0.3, -0.25) is 0 Å². The molecular formula is C22H19Br2N3O2S. The summed E-state index contributed by atoms with van der Waals surface area (Å²) in [6.07, 6.45) is 2.76. The number of fused-ring (bicyclic) bond motifs is 1. The minimum atomic E-state index is -3.80. The van der Waals surface area contributed by atoms with Crippen LogP contribution in [0.15, 0.2) is 74.5 Å². The van der Waals surface area contributed by atoms with Crippen molar-refractivity contribution < 1.29 is 8.42 Å². The lowest BCUT2D eigenvalue weighted by Crippen LogP contribution is -2.41. The first-order valence-electron chi connectivity index (χ1n) is 9.48. The molecular weight excluding hydrogens is 530 g/mol. The molecule has 0 saturated carbocycles. The van der Waals surface area contributed by atoms with Gasteiger partial charge in [0.1, 0.15) is 0 Å². The van der Waals surface area contributed by atoms with Gasteiger partial charge in [-0.25, -0.2) is 8.42 Å². The predicted octanol–water partition coefficient (Wildman–Crippen LogP) is 5.11. The zero-order valence-electron chi connectivity index (χ0n) is 16.0. The number of hydrogen-bond acceptors (Lipinski definition) is 4. The first-order chi connectivity index (χ1) is 14.4. The molecule has 5 nitrogen and oxygen atoms in total. The van der Waals surface area contributed by atoms with E-state index < -0.39 is 10.0 Å². The Morgan fingerprint density at radius 1 is 1.07 bits per heavy atom. The van der Waals surface area contributed by atoms with Crippen LogP contribution in [0.2, 0.25) is 0 Å². The van der Waals surface area contributed by atoms with Crippen LogP contribution < -0.4 is 0 Å². The van der Waals surface area contributed by atoms with E-state index in [2.05, 4.69) is 38.1 Å². The van der Waals surface area contributed by atoms with Gasteiger partial charge in [0, 0.05) is 34.6 Å². The molecule has 4 rings (SSSR count). The third kappa shape index (κ3) is 4.26. The van der Waals surface area contributed by atoms with E-state index in [-0.39, 0.29) is 17.5 Å². The summed E-state index contributed by atoms with van der Waals surface area (Å²) < 4.78 is 30.2. The standard InChI is InChI=1S/C22H19Br2N3O2S/c23-19-7-8-21(24)22(12-19)30(28,29)27(20-9-10-26(14-20)15-25)13-16-5-6-17-3-1-2-4-18(17)11-16/h1-8,11-12,20H,9-10,13-14H2/t20-/m1/s1.